The molecule has 312 valence electrons. The average molecular weight is 797 g/mol. The summed E-state index contributed by atoms with van der Waals surface area (Å²) in [5.41, 5.74) is 7.23. The fraction of sp³-hybridized carbons (Fsp3) is 0.591. The number of methoxy groups -OCH3 is 2. The highest BCUT2D eigenvalue weighted by Gasteiger charge is 2.39. The summed E-state index contributed by atoms with van der Waals surface area (Å²) in [7, 11) is 2.61. The number of aromatic amines is 2. The number of nitrogens with zero attached hydrogens (tertiary/aromatic N) is 4. The van der Waals surface area contributed by atoms with Gasteiger partial charge in [-0.15, -0.1) is 0 Å². The summed E-state index contributed by atoms with van der Waals surface area (Å²) in [5.74, 6) is 1.87. The molecule has 2 aromatic heterocycles. The van der Waals surface area contributed by atoms with Gasteiger partial charge in [-0.3, -0.25) is 9.59 Å². The SMILES string of the molecule is COC(=O)N[C@H](C(=O)N1CCC[C@H]1c1ncc(C2=CC3=CC[C@@H]2CC[C@@H]2C=CC(=C(c4cnc([C@@H]5CCCN5C(=O)[C@@H](NC(=O)OC)C(C)C)[nH]4)C2)CC3)[nH]1)C(C)C. The molecule has 10 rings (SSSR count). The first kappa shape index (κ1) is 41.0. The molecule has 14 heteroatoms. The van der Waals surface area contributed by atoms with Crippen molar-refractivity contribution in [3.8, 4) is 0 Å². The van der Waals surface area contributed by atoms with Gasteiger partial charge in [0, 0.05) is 13.1 Å². The molecule has 2 aromatic rings. The second-order valence-electron chi connectivity index (χ2n) is 17.2. The zero-order valence-electron chi connectivity index (χ0n) is 34.8. The summed E-state index contributed by atoms with van der Waals surface area (Å²) in [4.78, 5) is 72.4. The van der Waals surface area contributed by atoms with Crippen molar-refractivity contribution in [3.63, 3.8) is 0 Å². The van der Waals surface area contributed by atoms with Crippen LogP contribution >= 0.6 is 0 Å². The number of hydrogen-bond donors (Lipinski definition) is 4. The lowest BCUT2D eigenvalue weighted by atomic mass is 9.77. The Kier molecular flexibility index (Phi) is 12.6. The molecule has 4 heterocycles. The highest BCUT2D eigenvalue weighted by atomic mass is 16.5. The van der Waals surface area contributed by atoms with Crippen molar-refractivity contribution in [2.45, 2.75) is 116 Å². The average Bonchev–Trinajstić information content (AvgIpc) is 4.06. The Labute approximate surface area is 341 Å². The maximum atomic E-state index is 13.8. The molecule has 2 fully saturated rings. The van der Waals surface area contributed by atoms with Gasteiger partial charge < -0.3 is 39.9 Å². The molecule has 2 saturated heterocycles. The largest absolute Gasteiger partial charge is 0.453 e. The lowest BCUT2D eigenvalue weighted by molar-refractivity contribution is -0.136. The molecule has 0 aromatic carbocycles. The highest BCUT2D eigenvalue weighted by Crippen LogP contribution is 2.43. The number of ether oxygens (including phenoxy) is 2. The van der Waals surface area contributed by atoms with Crippen molar-refractivity contribution in [2.24, 2.45) is 23.7 Å². The summed E-state index contributed by atoms with van der Waals surface area (Å²) in [6.07, 6.45) is 21.2. The van der Waals surface area contributed by atoms with Crippen molar-refractivity contribution >= 4 is 35.1 Å². The van der Waals surface area contributed by atoms with E-state index >= 15 is 0 Å². The zero-order chi connectivity index (χ0) is 41.1. The van der Waals surface area contributed by atoms with Gasteiger partial charge in [-0.05, 0) is 105 Å². The minimum absolute atomic E-state index is 0.0962. The van der Waals surface area contributed by atoms with Crippen molar-refractivity contribution in [3.05, 3.63) is 70.9 Å². The molecule has 0 radical (unpaired) electrons. The first-order valence-electron chi connectivity index (χ1n) is 21.2. The predicted molar refractivity (Wildman–Crippen MR) is 220 cm³/mol. The Morgan fingerprint density at radius 3 is 1.91 bits per heavy atom. The smallest absolute Gasteiger partial charge is 0.407 e. The van der Waals surface area contributed by atoms with Crippen LogP contribution in [-0.2, 0) is 19.1 Å². The van der Waals surface area contributed by atoms with Crippen LogP contribution in [0, 0.1) is 23.7 Å². The number of hydrogen-bond acceptors (Lipinski definition) is 8. The molecule has 2 aliphatic heterocycles. The summed E-state index contributed by atoms with van der Waals surface area (Å²) in [6.45, 7) is 8.93. The number of aromatic nitrogens is 4. The van der Waals surface area contributed by atoms with E-state index in [4.69, 9.17) is 19.4 Å². The highest BCUT2D eigenvalue weighted by molar-refractivity contribution is 5.87. The number of imidazole rings is 2. The summed E-state index contributed by atoms with van der Waals surface area (Å²) >= 11 is 0. The second-order valence-corrected chi connectivity index (χ2v) is 17.2. The van der Waals surface area contributed by atoms with E-state index in [1.165, 1.54) is 36.5 Å². The van der Waals surface area contributed by atoms with Crippen LogP contribution in [-0.4, -0.2) is 93.1 Å². The van der Waals surface area contributed by atoms with Gasteiger partial charge in [0.25, 0.3) is 0 Å². The van der Waals surface area contributed by atoms with Crippen LogP contribution < -0.4 is 10.6 Å². The zero-order valence-corrected chi connectivity index (χ0v) is 34.8. The summed E-state index contributed by atoms with van der Waals surface area (Å²) < 4.78 is 9.62. The van der Waals surface area contributed by atoms with Gasteiger partial charge in [0.1, 0.15) is 23.7 Å². The Morgan fingerprint density at radius 2 is 1.34 bits per heavy atom. The standard InChI is InChI=1S/C44H60N8O6/c1-25(2)37(49-43(55)57-5)41(53)51-19-7-9-35(51)39-45-23-33(47-39)31-21-27-11-15-29(31)17-13-28-12-16-30(18-14-27)32(22-28)34-24-46-40(48-34)36-10-8-20-52(36)42(54)38(26(3)4)50-44(56)58-6/h11-12,15,22-27,30,35-38H,7-10,13-14,16-21H2,1-6H3,(H,45,47)(H,46,48)(H,49,55)(H,50,56)/t27-,30+,35-,36-,37-,38-/m0/s1. The van der Waals surface area contributed by atoms with Gasteiger partial charge in [0.05, 0.1) is 50.1 Å². The monoisotopic (exact) mass is 796 g/mol. The molecule has 0 saturated carbocycles. The van der Waals surface area contributed by atoms with E-state index in [9.17, 15) is 19.2 Å². The molecular weight excluding hydrogens is 737 g/mol. The van der Waals surface area contributed by atoms with Gasteiger partial charge in [0.15, 0.2) is 0 Å². The lowest BCUT2D eigenvalue weighted by Gasteiger charge is -2.30. The van der Waals surface area contributed by atoms with E-state index in [0.717, 1.165) is 87.2 Å². The van der Waals surface area contributed by atoms with Crippen LogP contribution in [0.4, 0.5) is 9.59 Å². The number of rotatable bonds is 10. The van der Waals surface area contributed by atoms with Crippen LogP contribution in [0.2, 0.25) is 0 Å². The van der Waals surface area contributed by atoms with Crippen LogP contribution in [0.25, 0.3) is 11.1 Å². The number of H-pyrrole nitrogens is 2. The molecule has 6 aliphatic carbocycles. The second kappa shape index (κ2) is 17.8. The molecule has 8 aliphatic rings. The van der Waals surface area contributed by atoms with Crippen molar-refractivity contribution in [1.29, 1.82) is 0 Å². The minimum atomic E-state index is -0.678. The molecule has 4 amide bonds. The number of carbonyl (C=O) groups excluding carboxylic acids is 4. The first-order valence-corrected chi connectivity index (χ1v) is 21.2. The molecule has 58 heavy (non-hydrogen) atoms. The van der Waals surface area contributed by atoms with Crippen LogP contribution in [0.1, 0.15) is 127 Å². The molecular formula is C44H60N8O6. The summed E-state index contributed by atoms with van der Waals surface area (Å²) in [5, 5.41) is 5.48. The van der Waals surface area contributed by atoms with Crippen LogP contribution in [0.3, 0.4) is 0 Å². The van der Waals surface area contributed by atoms with E-state index in [1.807, 2.05) is 49.9 Å². The number of alkyl carbamates (subject to hydrolysis) is 2. The maximum Gasteiger partial charge on any atom is 0.407 e. The van der Waals surface area contributed by atoms with Gasteiger partial charge in [-0.1, -0.05) is 57.6 Å². The molecule has 4 N–H and O–H groups in total. The normalized spacial score (nSPS) is 24.3. The fourth-order valence-corrected chi connectivity index (χ4v) is 9.46. The van der Waals surface area contributed by atoms with Crippen molar-refractivity contribution in [2.75, 3.05) is 27.3 Å². The van der Waals surface area contributed by atoms with E-state index in [0.29, 0.717) is 24.9 Å². The number of allylic oxidation sites excluding steroid dienone is 8. The third kappa shape index (κ3) is 8.66. The Balaban J connectivity index is 1.07. The van der Waals surface area contributed by atoms with Gasteiger partial charge in [-0.2, -0.15) is 0 Å². The van der Waals surface area contributed by atoms with Gasteiger partial charge >= 0.3 is 12.2 Å². The first-order chi connectivity index (χ1) is 27.9. The molecule has 6 atom stereocenters. The van der Waals surface area contributed by atoms with E-state index < -0.39 is 24.3 Å². The minimum Gasteiger partial charge on any atom is -0.453 e. The van der Waals surface area contributed by atoms with E-state index in [-0.39, 0.29) is 35.7 Å². The van der Waals surface area contributed by atoms with E-state index in [2.05, 4.69) is 44.9 Å². The molecule has 0 spiro atoms. The van der Waals surface area contributed by atoms with E-state index in [1.54, 1.807) is 0 Å². The topological polar surface area (TPSA) is 175 Å². The number of carbonyl (C=O) groups is 4. The lowest BCUT2D eigenvalue weighted by Crippen LogP contribution is -2.51. The van der Waals surface area contributed by atoms with Crippen LogP contribution in [0.15, 0.2) is 47.8 Å². The molecule has 14 nitrogen and oxygen atoms in total. The summed E-state index contributed by atoms with van der Waals surface area (Å²) in [6, 6.07) is -1.72. The van der Waals surface area contributed by atoms with Gasteiger partial charge in [-0.25, -0.2) is 19.6 Å². The third-order valence-corrected chi connectivity index (χ3v) is 12.8. The van der Waals surface area contributed by atoms with Crippen molar-refractivity contribution in [1.82, 2.24) is 40.4 Å². The number of amides is 4. The molecule has 0 unspecified atom stereocenters. The Morgan fingerprint density at radius 1 is 0.776 bits per heavy atom. The quantitative estimate of drug-likeness (QED) is 0.196. The molecule has 4 bridgehead atoms. The number of nitrogens with one attached hydrogen (secondary N) is 4. The number of likely N-dealkylation sites (tertiary alicyclic amines) is 2. The Bertz CT molecular complexity index is 1990. The maximum absolute atomic E-state index is 13.8. The van der Waals surface area contributed by atoms with Crippen LogP contribution in [0.5, 0.6) is 0 Å². The Hall–Kier alpha value is -5.14. The predicted octanol–water partition coefficient (Wildman–Crippen LogP) is 7.15. The fourth-order valence-electron chi connectivity index (χ4n) is 9.46. The van der Waals surface area contributed by atoms with Crippen molar-refractivity contribution < 1.29 is 28.7 Å². The third-order valence-electron chi connectivity index (χ3n) is 12.8. The van der Waals surface area contributed by atoms with Gasteiger partial charge in [0.2, 0.25) is 11.8 Å².